The quantitative estimate of drug-likeness (QED) is 0.752. The molecule has 94 valence electrons. The molecule has 1 saturated carbocycles. The predicted molar refractivity (Wildman–Crippen MR) is 69.7 cm³/mol. The first-order chi connectivity index (χ1) is 8.30. The van der Waals surface area contributed by atoms with Crippen LogP contribution in [-0.4, -0.2) is 25.2 Å². The fourth-order valence-electron chi connectivity index (χ4n) is 2.38. The first kappa shape index (κ1) is 12.6. The minimum Gasteiger partial charge on any atom is -0.376 e. The molecule has 0 aliphatic heterocycles. The first-order valence-corrected chi connectivity index (χ1v) is 6.37. The third kappa shape index (κ3) is 3.06. The Morgan fingerprint density at radius 3 is 2.82 bits per heavy atom. The van der Waals surface area contributed by atoms with Crippen LogP contribution in [0.25, 0.3) is 0 Å². The maximum Gasteiger partial charge on any atom is 0.0717 e. The molecule has 0 radical (unpaired) electrons. The van der Waals surface area contributed by atoms with Crippen molar-refractivity contribution in [2.75, 3.05) is 19.7 Å². The number of ether oxygens (including phenoxy) is 1. The second-order valence-electron chi connectivity index (χ2n) is 4.79. The van der Waals surface area contributed by atoms with Crippen LogP contribution in [0.3, 0.4) is 0 Å². The minimum absolute atomic E-state index is 0.158. The van der Waals surface area contributed by atoms with Crippen LogP contribution in [0.2, 0.25) is 0 Å². The molecule has 17 heavy (non-hydrogen) atoms. The fraction of sp³-hybridized carbons (Fsp3) is 0.571. The molecule has 1 aromatic rings. The van der Waals surface area contributed by atoms with Crippen molar-refractivity contribution in [1.82, 2.24) is 5.32 Å². The van der Waals surface area contributed by atoms with E-state index in [0.29, 0.717) is 19.1 Å². The molecule has 1 aliphatic rings. The van der Waals surface area contributed by atoms with Gasteiger partial charge < -0.3 is 15.8 Å². The molecule has 2 atom stereocenters. The van der Waals surface area contributed by atoms with Gasteiger partial charge in [0, 0.05) is 18.0 Å². The Kier molecular flexibility index (Phi) is 4.15. The highest BCUT2D eigenvalue weighted by atomic mass is 16.5. The zero-order valence-electron chi connectivity index (χ0n) is 10.5. The largest absolute Gasteiger partial charge is 0.376 e. The Morgan fingerprint density at radius 1 is 1.41 bits per heavy atom. The lowest BCUT2D eigenvalue weighted by molar-refractivity contribution is 0.104. The first-order valence-electron chi connectivity index (χ1n) is 6.37. The van der Waals surface area contributed by atoms with Gasteiger partial charge in [-0.1, -0.05) is 37.3 Å². The minimum atomic E-state index is 0.158. The summed E-state index contributed by atoms with van der Waals surface area (Å²) in [4.78, 5) is 0. The molecule has 1 aliphatic carbocycles. The Balaban J connectivity index is 1.71. The lowest BCUT2D eigenvalue weighted by atomic mass is 10.2. The van der Waals surface area contributed by atoms with Gasteiger partial charge in [0.1, 0.15) is 0 Å². The van der Waals surface area contributed by atoms with Gasteiger partial charge in [-0.2, -0.15) is 0 Å². The van der Waals surface area contributed by atoms with E-state index in [1.54, 1.807) is 0 Å². The Morgan fingerprint density at radius 2 is 2.18 bits per heavy atom. The number of rotatable bonds is 7. The zero-order valence-corrected chi connectivity index (χ0v) is 10.5. The van der Waals surface area contributed by atoms with E-state index in [1.165, 1.54) is 5.56 Å². The van der Waals surface area contributed by atoms with Crippen LogP contribution < -0.4 is 11.1 Å². The van der Waals surface area contributed by atoms with Crippen LogP contribution in [0.4, 0.5) is 0 Å². The van der Waals surface area contributed by atoms with Crippen molar-refractivity contribution in [2.45, 2.75) is 25.5 Å². The summed E-state index contributed by atoms with van der Waals surface area (Å²) in [6.07, 6.45) is 1.14. The van der Waals surface area contributed by atoms with Gasteiger partial charge in [0.2, 0.25) is 0 Å². The van der Waals surface area contributed by atoms with Crippen molar-refractivity contribution < 1.29 is 4.74 Å². The summed E-state index contributed by atoms with van der Waals surface area (Å²) in [6.45, 7) is 5.31. The van der Waals surface area contributed by atoms with Gasteiger partial charge in [0.05, 0.1) is 13.2 Å². The van der Waals surface area contributed by atoms with Gasteiger partial charge in [-0.05, 0) is 18.5 Å². The third-order valence-corrected chi connectivity index (χ3v) is 3.56. The molecule has 1 fully saturated rings. The second-order valence-corrected chi connectivity index (χ2v) is 4.79. The van der Waals surface area contributed by atoms with Crippen LogP contribution in [-0.2, 0) is 11.3 Å². The molecule has 0 unspecified atom stereocenters. The number of hydrogen-bond acceptors (Lipinski definition) is 3. The van der Waals surface area contributed by atoms with Gasteiger partial charge in [0.15, 0.2) is 0 Å². The van der Waals surface area contributed by atoms with Gasteiger partial charge in [-0.25, -0.2) is 0 Å². The van der Waals surface area contributed by atoms with E-state index in [0.717, 1.165) is 19.6 Å². The molecular formula is C14H22N2O. The molecule has 3 nitrogen and oxygen atoms in total. The Bertz CT molecular complexity index is 341. The average molecular weight is 234 g/mol. The molecule has 0 heterocycles. The number of nitrogens with two attached hydrogens (primary N) is 1. The summed E-state index contributed by atoms with van der Waals surface area (Å²) in [5.41, 5.74) is 7.20. The third-order valence-electron chi connectivity index (χ3n) is 3.56. The highest BCUT2D eigenvalue weighted by Gasteiger charge is 2.52. The maximum atomic E-state index is 5.81. The van der Waals surface area contributed by atoms with Crippen LogP contribution in [0.15, 0.2) is 30.3 Å². The van der Waals surface area contributed by atoms with E-state index < -0.39 is 0 Å². The van der Waals surface area contributed by atoms with Gasteiger partial charge >= 0.3 is 0 Å². The van der Waals surface area contributed by atoms with E-state index in [1.807, 2.05) is 18.2 Å². The highest BCUT2D eigenvalue weighted by molar-refractivity contribution is 5.14. The lowest BCUT2D eigenvalue weighted by Crippen LogP contribution is -2.41. The lowest BCUT2D eigenvalue weighted by Gasteiger charge is -2.16. The standard InChI is InChI=1S/C14H22N2O/c1-2-16-14(11-15)8-13(14)10-17-9-12-6-4-3-5-7-12/h3-7,13,16H,2,8-11,15H2,1H3/t13-,14-/m0/s1. The summed E-state index contributed by atoms with van der Waals surface area (Å²) < 4.78 is 5.75. The molecule has 0 spiro atoms. The molecule has 1 aromatic carbocycles. The summed E-state index contributed by atoms with van der Waals surface area (Å²) in [7, 11) is 0. The fourth-order valence-corrected chi connectivity index (χ4v) is 2.38. The Labute approximate surface area is 103 Å². The van der Waals surface area contributed by atoms with Crippen molar-refractivity contribution in [3.8, 4) is 0 Å². The van der Waals surface area contributed by atoms with Crippen molar-refractivity contribution in [3.63, 3.8) is 0 Å². The SMILES string of the molecule is CCN[C@]1(CN)C[C@H]1COCc1ccccc1. The van der Waals surface area contributed by atoms with Gasteiger partial charge in [-0.3, -0.25) is 0 Å². The molecular weight excluding hydrogens is 212 g/mol. The van der Waals surface area contributed by atoms with E-state index in [4.69, 9.17) is 10.5 Å². The van der Waals surface area contributed by atoms with Crippen molar-refractivity contribution >= 4 is 0 Å². The van der Waals surface area contributed by atoms with Crippen LogP contribution in [0.5, 0.6) is 0 Å². The summed E-state index contributed by atoms with van der Waals surface area (Å²) in [5, 5.41) is 3.48. The molecule has 3 heteroatoms. The predicted octanol–water partition coefficient (Wildman–Crippen LogP) is 1.53. The van der Waals surface area contributed by atoms with Crippen molar-refractivity contribution in [3.05, 3.63) is 35.9 Å². The van der Waals surface area contributed by atoms with Crippen LogP contribution >= 0.6 is 0 Å². The molecule has 0 aromatic heterocycles. The normalized spacial score (nSPS) is 27.1. The summed E-state index contributed by atoms with van der Waals surface area (Å²) in [6, 6.07) is 10.3. The van der Waals surface area contributed by atoms with Crippen LogP contribution in [0, 0.1) is 5.92 Å². The summed E-state index contributed by atoms with van der Waals surface area (Å²) >= 11 is 0. The Hall–Kier alpha value is -0.900. The number of likely N-dealkylation sites (N-methyl/N-ethyl adjacent to an activating group) is 1. The molecule has 0 amide bonds. The monoisotopic (exact) mass is 234 g/mol. The molecule has 2 rings (SSSR count). The van der Waals surface area contributed by atoms with E-state index in [-0.39, 0.29) is 5.54 Å². The van der Waals surface area contributed by atoms with E-state index >= 15 is 0 Å². The molecule has 0 bridgehead atoms. The van der Waals surface area contributed by atoms with Crippen molar-refractivity contribution in [2.24, 2.45) is 11.7 Å². The average Bonchev–Trinajstić information content (AvgIpc) is 3.05. The van der Waals surface area contributed by atoms with Crippen LogP contribution in [0.1, 0.15) is 18.9 Å². The van der Waals surface area contributed by atoms with Crippen molar-refractivity contribution in [1.29, 1.82) is 0 Å². The zero-order chi connectivity index (χ0) is 12.1. The van der Waals surface area contributed by atoms with Gasteiger partial charge in [-0.15, -0.1) is 0 Å². The number of nitrogens with one attached hydrogen (secondary N) is 1. The number of hydrogen-bond donors (Lipinski definition) is 2. The summed E-state index contributed by atoms with van der Waals surface area (Å²) in [5.74, 6) is 0.580. The smallest absolute Gasteiger partial charge is 0.0717 e. The number of benzene rings is 1. The maximum absolute atomic E-state index is 5.81. The topological polar surface area (TPSA) is 47.3 Å². The molecule has 3 N–H and O–H groups in total. The second kappa shape index (κ2) is 5.63. The van der Waals surface area contributed by atoms with E-state index in [9.17, 15) is 0 Å². The van der Waals surface area contributed by atoms with E-state index in [2.05, 4.69) is 24.4 Å². The molecule has 0 saturated heterocycles. The van der Waals surface area contributed by atoms with Gasteiger partial charge in [0.25, 0.3) is 0 Å². The highest BCUT2D eigenvalue weighted by Crippen LogP contribution is 2.42.